The van der Waals surface area contributed by atoms with Crippen LogP contribution in [0.2, 0.25) is 0 Å². The standard InChI is InChI=1S/C11H24N2O/c1-5-14-10-6-9(7-10)13-8-11(2,3)12-4/h9-10,12-13H,5-8H2,1-4H3. The van der Waals surface area contributed by atoms with E-state index in [0.717, 1.165) is 13.2 Å². The van der Waals surface area contributed by atoms with Crippen LogP contribution < -0.4 is 10.6 Å². The summed E-state index contributed by atoms with van der Waals surface area (Å²) in [6.45, 7) is 8.34. The predicted octanol–water partition coefficient (Wildman–Crippen LogP) is 1.14. The number of nitrogens with one attached hydrogen (secondary N) is 2. The van der Waals surface area contributed by atoms with Gasteiger partial charge in [0.1, 0.15) is 0 Å². The van der Waals surface area contributed by atoms with Crippen LogP contribution in [0.3, 0.4) is 0 Å². The van der Waals surface area contributed by atoms with E-state index in [2.05, 4.69) is 31.4 Å². The lowest BCUT2D eigenvalue weighted by atomic mass is 9.88. The number of hydrogen-bond donors (Lipinski definition) is 2. The van der Waals surface area contributed by atoms with Gasteiger partial charge in [-0.05, 0) is 40.7 Å². The third-order valence-electron chi connectivity index (χ3n) is 3.01. The molecule has 3 nitrogen and oxygen atoms in total. The first-order valence-corrected chi connectivity index (χ1v) is 5.61. The van der Waals surface area contributed by atoms with E-state index in [9.17, 15) is 0 Å². The van der Waals surface area contributed by atoms with Crippen molar-refractivity contribution in [2.45, 2.75) is 51.3 Å². The van der Waals surface area contributed by atoms with Crippen molar-refractivity contribution >= 4 is 0 Å². The predicted molar refractivity (Wildman–Crippen MR) is 59.6 cm³/mol. The van der Waals surface area contributed by atoms with Gasteiger partial charge >= 0.3 is 0 Å². The van der Waals surface area contributed by atoms with Gasteiger partial charge in [0.15, 0.2) is 0 Å². The van der Waals surface area contributed by atoms with E-state index in [1.165, 1.54) is 12.8 Å². The van der Waals surface area contributed by atoms with Crippen LogP contribution in [-0.4, -0.2) is 37.9 Å². The zero-order chi connectivity index (χ0) is 10.6. The normalized spacial score (nSPS) is 27.4. The van der Waals surface area contributed by atoms with Crippen LogP contribution in [0.15, 0.2) is 0 Å². The summed E-state index contributed by atoms with van der Waals surface area (Å²) in [6.07, 6.45) is 2.86. The first-order chi connectivity index (χ1) is 6.57. The summed E-state index contributed by atoms with van der Waals surface area (Å²) in [4.78, 5) is 0. The second kappa shape index (κ2) is 5.10. The van der Waals surface area contributed by atoms with Crippen molar-refractivity contribution in [3.05, 3.63) is 0 Å². The maximum absolute atomic E-state index is 5.51. The molecule has 0 unspecified atom stereocenters. The Morgan fingerprint density at radius 2 is 2.00 bits per heavy atom. The summed E-state index contributed by atoms with van der Waals surface area (Å²) >= 11 is 0. The fraction of sp³-hybridized carbons (Fsp3) is 1.00. The van der Waals surface area contributed by atoms with Crippen molar-refractivity contribution in [2.24, 2.45) is 0 Å². The van der Waals surface area contributed by atoms with Crippen molar-refractivity contribution in [1.29, 1.82) is 0 Å². The molecule has 1 aliphatic carbocycles. The molecule has 1 rings (SSSR count). The van der Waals surface area contributed by atoms with Gasteiger partial charge in [0.25, 0.3) is 0 Å². The van der Waals surface area contributed by atoms with Gasteiger partial charge in [-0.15, -0.1) is 0 Å². The Morgan fingerprint density at radius 1 is 1.36 bits per heavy atom. The average molecular weight is 200 g/mol. The highest BCUT2D eigenvalue weighted by Crippen LogP contribution is 2.23. The molecule has 0 aromatic rings. The number of ether oxygens (including phenoxy) is 1. The molecule has 0 aliphatic heterocycles. The molecule has 0 bridgehead atoms. The molecule has 0 atom stereocenters. The minimum Gasteiger partial charge on any atom is -0.378 e. The van der Waals surface area contributed by atoms with Gasteiger partial charge in [-0.1, -0.05) is 0 Å². The summed E-state index contributed by atoms with van der Waals surface area (Å²) in [7, 11) is 2.01. The SMILES string of the molecule is CCOC1CC(NCC(C)(C)NC)C1. The molecule has 84 valence electrons. The van der Waals surface area contributed by atoms with Crippen molar-refractivity contribution in [1.82, 2.24) is 10.6 Å². The van der Waals surface area contributed by atoms with Gasteiger partial charge in [-0.2, -0.15) is 0 Å². The lowest BCUT2D eigenvalue weighted by Crippen LogP contribution is -2.53. The van der Waals surface area contributed by atoms with Gasteiger partial charge in [-0.3, -0.25) is 0 Å². The highest BCUT2D eigenvalue weighted by Gasteiger charge is 2.30. The Balaban J connectivity index is 2.06. The summed E-state index contributed by atoms with van der Waals surface area (Å²) in [5.41, 5.74) is 0.191. The molecule has 0 radical (unpaired) electrons. The van der Waals surface area contributed by atoms with Crippen LogP contribution in [0.5, 0.6) is 0 Å². The highest BCUT2D eigenvalue weighted by atomic mass is 16.5. The molecule has 3 heteroatoms. The maximum atomic E-state index is 5.51. The first-order valence-electron chi connectivity index (χ1n) is 5.61. The molecule has 0 aromatic carbocycles. The maximum Gasteiger partial charge on any atom is 0.0604 e. The van der Waals surface area contributed by atoms with Crippen molar-refractivity contribution in [3.8, 4) is 0 Å². The molecule has 2 N–H and O–H groups in total. The second-order valence-corrected chi connectivity index (χ2v) is 4.76. The Labute approximate surface area is 87.6 Å². The van der Waals surface area contributed by atoms with Gasteiger partial charge in [-0.25, -0.2) is 0 Å². The minimum atomic E-state index is 0.191. The summed E-state index contributed by atoms with van der Waals surface area (Å²) in [5, 5.41) is 6.84. The van der Waals surface area contributed by atoms with Gasteiger partial charge in [0.2, 0.25) is 0 Å². The fourth-order valence-electron chi connectivity index (χ4n) is 1.59. The summed E-state index contributed by atoms with van der Waals surface area (Å²) in [5.74, 6) is 0. The molecule has 0 heterocycles. The van der Waals surface area contributed by atoms with Crippen LogP contribution in [0.1, 0.15) is 33.6 Å². The summed E-state index contributed by atoms with van der Waals surface area (Å²) < 4.78 is 5.51. The molecule has 0 aromatic heterocycles. The van der Waals surface area contributed by atoms with E-state index in [1.807, 2.05) is 7.05 Å². The van der Waals surface area contributed by atoms with E-state index < -0.39 is 0 Å². The van der Waals surface area contributed by atoms with Gasteiger partial charge in [0.05, 0.1) is 6.10 Å². The molecule has 0 spiro atoms. The van der Waals surface area contributed by atoms with Crippen LogP contribution >= 0.6 is 0 Å². The number of likely N-dealkylation sites (N-methyl/N-ethyl adjacent to an activating group) is 1. The van der Waals surface area contributed by atoms with Crippen molar-refractivity contribution in [2.75, 3.05) is 20.2 Å². The Bertz CT molecular complexity index is 165. The third-order valence-corrected chi connectivity index (χ3v) is 3.01. The Morgan fingerprint density at radius 3 is 2.50 bits per heavy atom. The number of hydrogen-bond acceptors (Lipinski definition) is 3. The topological polar surface area (TPSA) is 33.3 Å². The number of rotatable bonds is 6. The van der Waals surface area contributed by atoms with Crippen molar-refractivity contribution < 1.29 is 4.74 Å². The third kappa shape index (κ3) is 3.56. The van der Waals surface area contributed by atoms with E-state index in [-0.39, 0.29) is 5.54 Å². The summed E-state index contributed by atoms with van der Waals surface area (Å²) in [6, 6.07) is 0.666. The minimum absolute atomic E-state index is 0.191. The zero-order valence-electron chi connectivity index (χ0n) is 9.89. The Hall–Kier alpha value is -0.120. The van der Waals surface area contributed by atoms with Crippen LogP contribution in [0, 0.1) is 0 Å². The van der Waals surface area contributed by atoms with Gasteiger partial charge < -0.3 is 15.4 Å². The molecule has 1 saturated carbocycles. The lowest BCUT2D eigenvalue weighted by molar-refractivity contribution is -0.0109. The fourth-order valence-corrected chi connectivity index (χ4v) is 1.59. The molecule has 1 aliphatic rings. The molecular formula is C11H24N2O. The van der Waals surface area contributed by atoms with E-state index in [1.54, 1.807) is 0 Å². The average Bonchev–Trinajstić information content (AvgIpc) is 2.09. The van der Waals surface area contributed by atoms with Crippen LogP contribution in [-0.2, 0) is 4.74 Å². The van der Waals surface area contributed by atoms with Crippen LogP contribution in [0.25, 0.3) is 0 Å². The molecule has 0 amide bonds. The smallest absolute Gasteiger partial charge is 0.0604 e. The van der Waals surface area contributed by atoms with Crippen molar-refractivity contribution in [3.63, 3.8) is 0 Å². The first kappa shape index (κ1) is 12.0. The second-order valence-electron chi connectivity index (χ2n) is 4.76. The molecular weight excluding hydrogens is 176 g/mol. The quantitative estimate of drug-likeness (QED) is 0.674. The zero-order valence-corrected chi connectivity index (χ0v) is 9.89. The largest absolute Gasteiger partial charge is 0.378 e. The monoisotopic (exact) mass is 200 g/mol. The Kier molecular flexibility index (Phi) is 4.35. The lowest BCUT2D eigenvalue weighted by Gasteiger charge is -2.37. The van der Waals surface area contributed by atoms with E-state index in [4.69, 9.17) is 4.74 Å². The molecule has 1 fully saturated rings. The van der Waals surface area contributed by atoms with E-state index >= 15 is 0 Å². The highest BCUT2D eigenvalue weighted by molar-refractivity contribution is 4.89. The van der Waals surface area contributed by atoms with Crippen LogP contribution in [0.4, 0.5) is 0 Å². The van der Waals surface area contributed by atoms with Gasteiger partial charge in [0, 0.05) is 24.7 Å². The molecule has 0 saturated heterocycles. The van der Waals surface area contributed by atoms with E-state index in [0.29, 0.717) is 12.1 Å². The molecule has 14 heavy (non-hydrogen) atoms.